The molecule has 1 saturated heterocycles. The molecule has 2 aromatic rings. The molecule has 1 fully saturated rings. The highest BCUT2D eigenvalue weighted by molar-refractivity contribution is 5.91. The number of rotatable bonds is 5. The van der Waals surface area contributed by atoms with Crippen LogP contribution in [0.25, 0.3) is 0 Å². The molecule has 1 atom stereocenters. The number of aromatic nitrogens is 1. The molecule has 0 saturated carbocycles. The molecule has 5 nitrogen and oxygen atoms in total. The Hall–Kier alpha value is -1.82. The van der Waals surface area contributed by atoms with Gasteiger partial charge in [-0.2, -0.15) is 0 Å². The van der Waals surface area contributed by atoms with Crippen LogP contribution < -0.4 is 15.4 Å². The molecule has 0 spiro atoms. The average molecular weight is 398 g/mol. The maximum absolute atomic E-state index is 12.0. The summed E-state index contributed by atoms with van der Waals surface area (Å²) in [5, 5.41) is 6.21. The van der Waals surface area contributed by atoms with Crippen LogP contribution in [0, 0.1) is 13.8 Å². The summed E-state index contributed by atoms with van der Waals surface area (Å²) < 4.78 is 5.82. The minimum atomic E-state index is 0. The largest absolute Gasteiger partial charge is 0.439 e. The van der Waals surface area contributed by atoms with E-state index in [9.17, 15) is 4.79 Å². The maximum Gasteiger partial charge on any atom is 0.225 e. The number of anilines is 1. The second-order valence-electron chi connectivity index (χ2n) is 6.23. The van der Waals surface area contributed by atoms with Crippen LogP contribution in [-0.2, 0) is 4.79 Å². The van der Waals surface area contributed by atoms with Crippen LogP contribution in [0.15, 0.2) is 36.5 Å². The molecular formula is C19H25Cl2N3O2. The number of nitrogens with zero attached hydrogens (tertiary/aromatic N) is 1. The molecule has 2 N–H and O–H groups in total. The highest BCUT2D eigenvalue weighted by atomic mass is 35.5. The first-order valence-corrected chi connectivity index (χ1v) is 8.35. The van der Waals surface area contributed by atoms with Gasteiger partial charge in [-0.05, 0) is 56.5 Å². The molecule has 1 aromatic carbocycles. The van der Waals surface area contributed by atoms with Gasteiger partial charge in [-0.15, -0.1) is 24.8 Å². The van der Waals surface area contributed by atoms with Gasteiger partial charge in [0.25, 0.3) is 0 Å². The van der Waals surface area contributed by atoms with Crippen LogP contribution in [0.1, 0.15) is 30.4 Å². The summed E-state index contributed by atoms with van der Waals surface area (Å²) in [6.45, 7) is 5.08. The van der Waals surface area contributed by atoms with E-state index in [0.717, 1.165) is 30.7 Å². The van der Waals surface area contributed by atoms with E-state index < -0.39 is 0 Å². The van der Waals surface area contributed by atoms with Crippen molar-refractivity contribution in [2.75, 3.05) is 11.9 Å². The molecule has 26 heavy (non-hydrogen) atoms. The highest BCUT2D eigenvalue weighted by Crippen LogP contribution is 2.26. The van der Waals surface area contributed by atoms with Crippen molar-refractivity contribution in [1.29, 1.82) is 0 Å². The molecule has 2 heterocycles. The molecular weight excluding hydrogens is 373 g/mol. The summed E-state index contributed by atoms with van der Waals surface area (Å²) in [5.74, 6) is 1.32. The van der Waals surface area contributed by atoms with Gasteiger partial charge < -0.3 is 15.4 Å². The lowest BCUT2D eigenvalue weighted by molar-refractivity contribution is -0.116. The van der Waals surface area contributed by atoms with E-state index in [2.05, 4.69) is 15.6 Å². The lowest BCUT2D eigenvalue weighted by atomic mass is 10.1. The molecule has 1 unspecified atom stereocenters. The van der Waals surface area contributed by atoms with E-state index in [1.54, 1.807) is 12.3 Å². The fourth-order valence-electron chi connectivity index (χ4n) is 2.83. The number of carbonyl (C=O) groups excluding carboxylic acids is 1. The van der Waals surface area contributed by atoms with E-state index in [4.69, 9.17) is 4.74 Å². The standard InChI is InChI=1S/C19H23N3O2.2ClH/c1-13-5-3-7-17(14(13)2)24-19-9-8-16(12-21-19)22-18(23)11-15-6-4-10-20-15;;/h3,5,7-9,12,15,20H,4,6,10-11H2,1-2H3,(H,22,23);2*1H. The Bertz CT molecular complexity index is 717. The summed E-state index contributed by atoms with van der Waals surface area (Å²) in [6, 6.07) is 9.81. The van der Waals surface area contributed by atoms with Crippen molar-refractivity contribution in [1.82, 2.24) is 10.3 Å². The van der Waals surface area contributed by atoms with Crippen molar-refractivity contribution in [3.8, 4) is 11.6 Å². The van der Waals surface area contributed by atoms with Crippen molar-refractivity contribution in [2.24, 2.45) is 0 Å². The number of benzene rings is 1. The third kappa shape index (κ3) is 5.87. The molecule has 1 aromatic heterocycles. The zero-order chi connectivity index (χ0) is 16.9. The van der Waals surface area contributed by atoms with Crippen molar-refractivity contribution >= 4 is 36.4 Å². The Morgan fingerprint density at radius 1 is 1.27 bits per heavy atom. The van der Waals surface area contributed by atoms with Crippen molar-refractivity contribution in [3.63, 3.8) is 0 Å². The lowest BCUT2D eigenvalue weighted by Crippen LogP contribution is -2.27. The van der Waals surface area contributed by atoms with E-state index in [0.29, 0.717) is 24.0 Å². The normalized spacial score (nSPS) is 15.5. The van der Waals surface area contributed by atoms with Gasteiger partial charge >= 0.3 is 0 Å². The molecule has 142 valence electrons. The Morgan fingerprint density at radius 3 is 2.73 bits per heavy atom. The van der Waals surface area contributed by atoms with Crippen LogP contribution >= 0.6 is 24.8 Å². The second kappa shape index (κ2) is 10.4. The number of hydrogen-bond donors (Lipinski definition) is 2. The molecule has 1 amide bonds. The van der Waals surface area contributed by atoms with Crippen molar-refractivity contribution in [3.05, 3.63) is 47.7 Å². The number of nitrogens with one attached hydrogen (secondary N) is 2. The van der Waals surface area contributed by atoms with E-state index >= 15 is 0 Å². The van der Waals surface area contributed by atoms with Crippen LogP contribution in [0.4, 0.5) is 5.69 Å². The SMILES string of the molecule is Cc1cccc(Oc2ccc(NC(=O)CC3CCCN3)cn2)c1C.Cl.Cl. The van der Waals surface area contributed by atoms with Crippen molar-refractivity contribution < 1.29 is 9.53 Å². The Morgan fingerprint density at radius 2 is 2.08 bits per heavy atom. The van der Waals surface area contributed by atoms with Crippen LogP contribution in [0.3, 0.4) is 0 Å². The maximum atomic E-state index is 12.0. The van der Waals surface area contributed by atoms with Crippen molar-refractivity contribution in [2.45, 2.75) is 39.2 Å². The minimum absolute atomic E-state index is 0. The first kappa shape index (κ1) is 22.2. The van der Waals surface area contributed by atoms with E-state index in [1.165, 1.54) is 5.56 Å². The van der Waals surface area contributed by atoms with Gasteiger partial charge in [-0.3, -0.25) is 4.79 Å². The lowest BCUT2D eigenvalue weighted by Gasteiger charge is -2.11. The molecule has 0 aliphatic carbocycles. The third-order valence-electron chi connectivity index (χ3n) is 4.38. The number of hydrogen-bond acceptors (Lipinski definition) is 4. The first-order chi connectivity index (χ1) is 11.6. The Balaban J connectivity index is 0.00000169. The Kier molecular flexibility index (Phi) is 8.85. The predicted octanol–water partition coefficient (Wildman–Crippen LogP) is 4.41. The molecule has 1 aliphatic rings. The second-order valence-corrected chi connectivity index (χ2v) is 6.23. The summed E-state index contributed by atoms with van der Waals surface area (Å²) in [5.41, 5.74) is 2.96. The van der Waals surface area contributed by atoms with Crippen LogP contribution in [0.2, 0.25) is 0 Å². The summed E-state index contributed by atoms with van der Waals surface area (Å²) in [7, 11) is 0. The summed E-state index contributed by atoms with van der Waals surface area (Å²) >= 11 is 0. The number of ether oxygens (including phenoxy) is 1. The van der Waals surface area contributed by atoms with Gasteiger partial charge in [-0.1, -0.05) is 12.1 Å². The van der Waals surface area contributed by atoms with Gasteiger partial charge in [0.05, 0.1) is 11.9 Å². The van der Waals surface area contributed by atoms with Crippen LogP contribution in [-0.4, -0.2) is 23.5 Å². The highest BCUT2D eigenvalue weighted by Gasteiger charge is 2.17. The van der Waals surface area contributed by atoms with Gasteiger partial charge in [-0.25, -0.2) is 4.98 Å². The van der Waals surface area contributed by atoms with E-state index in [1.807, 2.05) is 38.1 Å². The van der Waals surface area contributed by atoms with E-state index in [-0.39, 0.29) is 30.7 Å². The first-order valence-electron chi connectivity index (χ1n) is 8.35. The quantitative estimate of drug-likeness (QED) is 0.783. The number of aryl methyl sites for hydroxylation is 1. The fourth-order valence-corrected chi connectivity index (χ4v) is 2.83. The van der Waals surface area contributed by atoms with Gasteiger partial charge in [0.1, 0.15) is 5.75 Å². The number of halogens is 2. The summed E-state index contributed by atoms with van der Waals surface area (Å²) in [6.07, 6.45) is 4.33. The number of carbonyl (C=O) groups is 1. The van der Waals surface area contributed by atoms with Gasteiger partial charge in [0.15, 0.2) is 0 Å². The molecule has 0 bridgehead atoms. The molecule has 3 rings (SSSR count). The Labute approximate surface area is 166 Å². The topological polar surface area (TPSA) is 63.2 Å². The summed E-state index contributed by atoms with van der Waals surface area (Å²) in [4.78, 5) is 16.3. The van der Waals surface area contributed by atoms with Crippen LogP contribution in [0.5, 0.6) is 11.6 Å². The number of amides is 1. The average Bonchev–Trinajstić information content (AvgIpc) is 3.06. The van der Waals surface area contributed by atoms with Gasteiger partial charge in [0, 0.05) is 18.5 Å². The molecule has 7 heteroatoms. The zero-order valence-electron chi connectivity index (χ0n) is 15.0. The molecule has 0 radical (unpaired) electrons. The third-order valence-corrected chi connectivity index (χ3v) is 4.38. The molecule has 1 aliphatic heterocycles. The minimum Gasteiger partial charge on any atom is -0.439 e. The zero-order valence-corrected chi connectivity index (χ0v) is 16.6. The monoisotopic (exact) mass is 397 g/mol. The van der Waals surface area contributed by atoms with Gasteiger partial charge in [0.2, 0.25) is 11.8 Å². The number of pyridine rings is 1. The smallest absolute Gasteiger partial charge is 0.225 e. The fraction of sp³-hybridized carbons (Fsp3) is 0.368. The predicted molar refractivity (Wildman–Crippen MR) is 109 cm³/mol.